The Morgan fingerprint density at radius 2 is 2.08 bits per heavy atom. The molecule has 0 atom stereocenters. The molecule has 0 saturated heterocycles. The minimum atomic E-state index is 0.100. The highest BCUT2D eigenvalue weighted by atomic mass is 32.2. The van der Waals surface area contributed by atoms with Crippen molar-refractivity contribution in [1.29, 1.82) is 0 Å². The van der Waals surface area contributed by atoms with Crippen LogP contribution in [0.15, 0.2) is 51.7 Å². The smallest absolute Gasteiger partial charge is 0.277 e. The number of thioether (sulfide) groups is 1. The van der Waals surface area contributed by atoms with Crippen LogP contribution in [0.3, 0.4) is 0 Å². The van der Waals surface area contributed by atoms with Gasteiger partial charge in [-0.25, -0.2) is 0 Å². The van der Waals surface area contributed by atoms with Crippen LogP contribution in [0.2, 0.25) is 0 Å². The normalized spacial score (nSPS) is 14.2. The van der Waals surface area contributed by atoms with Gasteiger partial charge in [-0.3, -0.25) is 4.79 Å². The zero-order chi connectivity index (χ0) is 17.5. The van der Waals surface area contributed by atoms with E-state index in [1.165, 1.54) is 18.2 Å². The fourth-order valence-electron chi connectivity index (χ4n) is 2.95. The maximum Gasteiger partial charge on any atom is 0.277 e. The van der Waals surface area contributed by atoms with Gasteiger partial charge in [-0.15, -0.1) is 10.2 Å². The molecule has 0 fully saturated rings. The van der Waals surface area contributed by atoms with Crippen molar-refractivity contribution in [2.75, 3.05) is 12.3 Å². The average molecular weight is 357 g/mol. The summed E-state index contributed by atoms with van der Waals surface area (Å²) in [5.74, 6) is 0.991. The van der Waals surface area contributed by atoms with E-state index in [1.807, 2.05) is 42.2 Å². The van der Waals surface area contributed by atoms with E-state index in [9.17, 15) is 4.79 Å². The fraction of sp³-hybridized carbons (Fsp3) is 0.421. The largest absolute Gasteiger partial charge is 0.416 e. The SMILES string of the molecule is CCN(C(=O)CSc1nnc(Cc2ccccc2)o1)C1=CCCCC1. The first-order chi connectivity index (χ1) is 12.3. The highest BCUT2D eigenvalue weighted by Crippen LogP contribution is 2.23. The molecule has 1 aromatic carbocycles. The van der Waals surface area contributed by atoms with Gasteiger partial charge in [-0.05, 0) is 38.2 Å². The number of nitrogens with zero attached hydrogens (tertiary/aromatic N) is 3. The number of benzene rings is 1. The molecule has 1 aliphatic carbocycles. The van der Waals surface area contributed by atoms with Crippen molar-refractivity contribution in [1.82, 2.24) is 15.1 Å². The molecular weight excluding hydrogens is 334 g/mol. The van der Waals surface area contributed by atoms with E-state index < -0.39 is 0 Å². The standard InChI is InChI=1S/C19H23N3O2S/c1-2-22(16-11-7-4-8-12-16)18(23)14-25-19-21-20-17(24-19)13-15-9-5-3-6-10-15/h3,5-6,9-11H,2,4,7-8,12-14H2,1H3. The number of allylic oxidation sites excluding steroid dienone is 2. The van der Waals surface area contributed by atoms with Crippen molar-refractivity contribution in [3.63, 3.8) is 0 Å². The van der Waals surface area contributed by atoms with Crippen LogP contribution in [0, 0.1) is 0 Å². The highest BCUT2D eigenvalue weighted by Gasteiger charge is 2.19. The number of carbonyl (C=O) groups excluding carboxylic acids is 1. The monoisotopic (exact) mass is 357 g/mol. The van der Waals surface area contributed by atoms with Gasteiger partial charge < -0.3 is 9.32 Å². The topological polar surface area (TPSA) is 59.2 Å². The van der Waals surface area contributed by atoms with E-state index >= 15 is 0 Å². The molecule has 1 amide bonds. The molecule has 5 nitrogen and oxygen atoms in total. The predicted molar refractivity (Wildman–Crippen MR) is 98.2 cm³/mol. The molecule has 6 heteroatoms. The third-order valence-corrected chi connectivity index (χ3v) is 5.00. The second-order valence-electron chi connectivity index (χ2n) is 5.99. The van der Waals surface area contributed by atoms with Crippen LogP contribution < -0.4 is 0 Å². The summed E-state index contributed by atoms with van der Waals surface area (Å²) in [5.41, 5.74) is 2.29. The number of rotatable bonds is 7. The van der Waals surface area contributed by atoms with E-state index in [1.54, 1.807) is 0 Å². The van der Waals surface area contributed by atoms with Crippen molar-refractivity contribution in [2.45, 2.75) is 44.3 Å². The van der Waals surface area contributed by atoms with Crippen LogP contribution in [-0.4, -0.2) is 33.3 Å². The van der Waals surface area contributed by atoms with E-state index in [4.69, 9.17) is 4.42 Å². The first kappa shape index (κ1) is 17.7. The Morgan fingerprint density at radius 1 is 1.24 bits per heavy atom. The molecule has 2 aromatic rings. The molecular formula is C19H23N3O2S. The molecule has 132 valence electrons. The van der Waals surface area contributed by atoms with Crippen LogP contribution in [-0.2, 0) is 11.2 Å². The number of carbonyl (C=O) groups is 1. The van der Waals surface area contributed by atoms with Gasteiger partial charge in [0.05, 0.1) is 12.2 Å². The molecule has 0 unspecified atom stereocenters. The Kier molecular flexibility index (Phi) is 6.28. The summed E-state index contributed by atoms with van der Waals surface area (Å²) >= 11 is 1.31. The molecule has 1 aliphatic rings. The van der Waals surface area contributed by atoms with Gasteiger partial charge in [0.25, 0.3) is 5.22 Å². The van der Waals surface area contributed by atoms with Gasteiger partial charge in [0, 0.05) is 12.2 Å². The van der Waals surface area contributed by atoms with Crippen molar-refractivity contribution < 1.29 is 9.21 Å². The highest BCUT2D eigenvalue weighted by molar-refractivity contribution is 7.99. The van der Waals surface area contributed by atoms with E-state index in [2.05, 4.69) is 16.3 Å². The number of hydrogen-bond donors (Lipinski definition) is 0. The molecule has 25 heavy (non-hydrogen) atoms. The summed E-state index contributed by atoms with van der Waals surface area (Å²) in [6.07, 6.45) is 7.24. The second-order valence-corrected chi connectivity index (χ2v) is 6.92. The Bertz CT molecular complexity index is 727. The first-order valence-electron chi connectivity index (χ1n) is 8.74. The van der Waals surface area contributed by atoms with Gasteiger partial charge >= 0.3 is 0 Å². The third-order valence-electron chi connectivity index (χ3n) is 4.20. The Labute approximate surface area is 152 Å². The van der Waals surface area contributed by atoms with Gasteiger partial charge in [-0.1, -0.05) is 48.2 Å². The van der Waals surface area contributed by atoms with E-state index in [0.717, 1.165) is 30.5 Å². The summed E-state index contributed by atoms with van der Waals surface area (Å²) in [6, 6.07) is 10.00. The van der Waals surface area contributed by atoms with Crippen molar-refractivity contribution >= 4 is 17.7 Å². The third kappa shape index (κ3) is 4.95. The number of amides is 1. The van der Waals surface area contributed by atoms with Gasteiger partial charge in [0.2, 0.25) is 11.8 Å². The molecule has 0 spiro atoms. The van der Waals surface area contributed by atoms with Crippen molar-refractivity contribution in [3.05, 3.63) is 53.6 Å². The number of hydrogen-bond acceptors (Lipinski definition) is 5. The predicted octanol–water partition coefficient (Wildman–Crippen LogP) is 4.06. The van der Waals surface area contributed by atoms with Crippen LogP contribution in [0.1, 0.15) is 44.1 Å². The van der Waals surface area contributed by atoms with Crippen molar-refractivity contribution in [3.8, 4) is 0 Å². The van der Waals surface area contributed by atoms with E-state index in [-0.39, 0.29) is 5.91 Å². The lowest BCUT2D eigenvalue weighted by Gasteiger charge is -2.26. The lowest BCUT2D eigenvalue weighted by atomic mass is 10.0. The molecule has 1 heterocycles. The van der Waals surface area contributed by atoms with Gasteiger partial charge in [-0.2, -0.15) is 0 Å². The lowest BCUT2D eigenvalue weighted by molar-refractivity contribution is -0.126. The van der Waals surface area contributed by atoms with Crippen LogP contribution in [0.5, 0.6) is 0 Å². The summed E-state index contributed by atoms with van der Waals surface area (Å²) in [7, 11) is 0. The molecule has 0 bridgehead atoms. The maximum atomic E-state index is 12.5. The Hall–Kier alpha value is -2.08. The molecule has 0 N–H and O–H groups in total. The maximum absolute atomic E-state index is 12.5. The molecule has 1 aromatic heterocycles. The molecule has 3 rings (SSSR count). The fourth-order valence-corrected chi connectivity index (χ4v) is 3.60. The molecule has 0 radical (unpaired) electrons. The summed E-state index contributed by atoms with van der Waals surface area (Å²) in [5, 5.41) is 8.57. The average Bonchev–Trinajstić information content (AvgIpc) is 3.10. The summed E-state index contributed by atoms with van der Waals surface area (Å²) in [4.78, 5) is 14.4. The lowest BCUT2D eigenvalue weighted by Crippen LogP contribution is -2.32. The quantitative estimate of drug-likeness (QED) is 0.700. The van der Waals surface area contributed by atoms with Crippen LogP contribution >= 0.6 is 11.8 Å². The molecule has 0 aliphatic heterocycles. The first-order valence-corrected chi connectivity index (χ1v) is 9.73. The Morgan fingerprint density at radius 3 is 2.80 bits per heavy atom. The van der Waals surface area contributed by atoms with Gasteiger partial charge in [0.15, 0.2) is 0 Å². The zero-order valence-corrected chi connectivity index (χ0v) is 15.3. The van der Waals surface area contributed by atoms with Gasteiger partial charge in [0.1, 0.15) is 0 Å². The van der Waals surface area contributed by atoms with E-state index in [0.29, 0.717) is 29.8 Å². The summed E-state index contributed by atoms with van der Waals surface area (Å²) in [6.45, 7) is 2.72. The molecule has 0 saturated carbocycles. The minimum absolute atomic E-state index is 0.100. The minimum Gasteiger partial charge on any atom is -0.416 e. The second kappa shape index (κ2) is 8.85. The zero-order valence-electron chi connectivity index (χ0n) is 14.5. The Balaban J connectivity index is 1.54. The van der Waals surface area contributed by atoms with Crippen LogP contribution in [0.25, 0.3) is 0 Å². The number of aromatic nitrogens is 2. The van der Waals surface area contributed by atoms with Crippen molar-refractivity contribution in [2.24, 2.45) is 0 Å². The van der Waals surface area contributed by atoms with Crippen LogP contribution in [0.4, 0.5) is 0 Å². The summed E-state index contributed by atoms with van der Waals surface area (Å²) < 4.78 is 5.65.